The van der Waals surface area contributed by atoms with Crippen LogP contribution in [0.15, 0.2) is 24.3 Å². The minimum atomic E-state index is -0.0314. The molecule has 0 aliphatic carbocycles. The zero-order valence-electron chi connectivity index (χ0n) is 10.2. The Morgan fingerprint density at radius 3 is 2.53 bits per heavy atom. The smallest absolute Gasteiger partial charge is 0.251 e. The molecule has 1 N–H and O–H groups in total. The lowest BCUT2D eigenvalue weighted by molar-refractivity contribution is 0.0952. The van der Waals surface area contributed by atoms with Gasteiger partial charge in [0.2, 0.25) is 0 Å². The molecule has 0 aliphatic heterocycles. The van der Waals surface area contributed by atoms with E-state index in [0.29, 0.717) is 17.0 Å². The Labute approximate surface area is 111 Å². The first-order valence-electron chi connectivity index (χ1n) is 5.70. The van der Waals surface area contributed by atoms with Crippen molar-refractivity contribution in [3.8, 4) is 5.75 Å². The third-order valence-corrected chi connectivity index (χ3v) is 2.57. The summed E-state index contributed by atoms with van der Waals surface area (Å²) in [6, 6.07) is 7.11. The number of carbonyl (C=O) groups is 1. The number of carbonyl (C=O) groups excluding carboxylic acids is 1. The Kier molecular flexibility index (Phi) is 6.05. The molecule has 4 heteroatoms. The van der Waals surface area contributed by atoms with E-state index in [1.54, 1.807) is 24.3 Å². The van der Waals surface area contributed by atoms with E-state index in [9.17, 15) is 4.79 Å². The Morgan fingerprint density at radius 1 is 1.35 bits per heavy atom. The molecule has 17 heavy (non-hydrogen) atoms. The highest BCUT2D eigenvalue weighted by atomic mass is 79.9. The maximum atomic E-state index is 11.7. The van der Waals surface area contributed by atoms with Crippen LogP contribution >= 0.6 is 15.9 Å². The minimum absolute atomic E-state index is 0.0314. The lowest BCUT2D eigenvalue weighted by Crippen LogP contribution is -2.25. The highest BCUT2D eigenvalue weighted by molar-refractivity contribution is 9.09. The van der Waals surface area contributed by atoms with Gasteiger partial charge in [-0.25, -0.2) is 0 Å². The minimum Gasteiger partial charge on any atom is -0.482 e. The summed E-state index contributed by atoms with van der Waals surface area (Å²) in [4.78, 5) is 11.7. The summed E-state index contributed by atoms with van der Waals surface area (Å²) in [5.41, 5.74) is 1.11. The number of alkyl halides is 1. The van der Waals surface area contributed by atoms with Gasteiger partial charge < -0.3 is 10.1 Å². The Balaban J connectivity index is 2.46. The molecule has 94 valence electrons. The number of nitrogens with one attached hydrogen (secondary N) is 1. The van der Waals surface area contributed by atoms with Gasteiger partial charge in [0.05, 0.1) is 0 Å². The van der Waals surface area contributed by atoms with E-state index in [2.05, 4.69) is 35.1 Å². The number of ether oxygens (including phenoxy) is 1. The molecule has 0 spiro atoms. The Bertz CT molecular complexity index is 349. The summed E-state index contributed by atoms with van der Waals surface area (Å²) in [6.45, 7) is 4.99. The highest BCUT2D eigenvalue weighted by Gasteiger charge is 2.05. The number of benzene rings is 1. The van der Waals surface area contributed by atoms with E-state index in [1.807, 2.05) is 0 Å². The second kappa shape index (κ2) is 7.33. The predicted octanol–water partition coefficient (Wildman–Crippen LogP) is 3.19. The number of amides is 1. The summed E-state index contributed by atoms with van der Waals surface area (Å²) in [6.07, 6.45) is 0.997. The molecule has 1 aromatic carbocycles. The maximum absolute atomic E-state index is 11.7. The van der Waals surface area contributed by atoms with Crippen molar-refractivity contribution in [3.63, 3.8) is 0 Å². The molecule has 0 heterocycles. The molecule has 0 unspecified atom stereocenters. The molecule has 0 fully saturated rings. The Hall–Kier alpha value is -1.03. The van der Waals surface area contributed by atoms with Gasteiger partial charge >= 0.3 is 0 Å². The lowest BCUT2D eigenvalue weighted by Gasteiger charge is -2.07. The van der Waals surface area contributed by atoms with Crippen molar-refractivity contribution in [3.05, 3.63) is 29.8 Å². The third-order valence-electron chi connectivity index (χ3n) is 2.34. The van der Waals surface area contributed by atoms with Gasteiger partial charge in [0.1, 0.15) is 11.3 Å². The predicted molar refractivity (Wildman–Crippen MR) is 72.7 cm³/mol. The summed E-state index contributed by atoms with van der Waals surface area (Å²) in [5, 5.41) is 2.89. The van der Waals surface area contributed by atoms with Gasteiger partial charge in [0.25, 0.3) is 5.91 Å². The van der Waals surface area contributed by atoms with E-state index in [0.717, 1.165) is 18.7 Å². The van der Waals surface area contributed by atoms with Gasteiger partial charge in [-0.1, -0.05) is 13.8 Å². The van der Waals surface area contributed by atoms with Crippen LogP contribution in [-0.2, 0) is 0 Å². The second-order valence-electron chi connectivity index (χ2n) is 4.22. The van der Waals surface area contributed by atoms with Crippen molar-refractivity contribution in [1.29, 1.82) is 0 Å². The molecule has 0 aliphatic rings. The van der Waals surface area contributed by atoms with Crippen LogP contribution in [0.2, 0.25) is 0 Å². The average molecular weight is 300 g/mol. The van der Waals surface area contributed by atoms with Crippen LogP contribution < -0.4 is 10.1 Å². The van der Waals surface area contributed by atoms with Crippen molar-refractivity contribution < 1.29 is 9.53 Å². The van der Waals surface area contributed by atoms with Crippen molar-refractivity contribution in [2.75, 3.05) is 12.1 Å². The number of rotatable bonds is 6. The number of halogens is 1. The first-order valence-corrected chi connectivity index (χ1v) is 6.82. The van der Waals surface area contributed by atoms with Crippen LogP contribution in [0.5, 0.6) is 5.75 Å². The molecular weight excluding hydrogens is 282 g/mol. The van der Waals surface area contributed by atoms with Gasteiger partial charge in [0.15, 0.2) is 0 Å². The maximum Gasteiger partial charge on any atom is 0.251 e. The topological polar surface area (TPSA) is 38.3 Å². The fourth-order valence-corrected chi connectivity index (χ4v) is 1.61. The van der Waals surface area contributed by atoms with Gasteiger partial charge in [-0.3, -0.25) is 4.79 Å². The van der Waals surface area contributed by atoms with Crippen molar-refractivity contribution in [1.82, 2.24) is 5.32 Å². The fourth-order valence-electron chi connectivity index (χ4n) is 1.34. The second-order valence-corrected chi connectivity index (χ2v) is 4.67. The van der Waals surface area contributed by atoms with Crippen molar-refractivity contribution in [2.45, 2.75) is 20.3 Å². The monoisotopic (exact) mass is 299 g/mol. The van der Waals surface area contributed by atoms with Gasteiger partial charge in [0, 0.05) is 12.1 Å². The van der Waals surface area contributed by atoms with E-state index < -0.39 is 0 Å². The van der Waals surface area contributed by atoms with Crippen LogP contribution in [-0.4, -0.2) is 18.0 Å². The lowest BCUT2D eigenvalue weighted by atomic mass is 10.1. The quantitative estimate of drug-likeness (QED) is 0.819. The molecule has 0 saturated heterocycles. The van der Waals surface area contributed by atoms with Crippen LogP contribution in [0, 0.1) is 5.92 Å². The number of hydrogen-bond donors (Lipinski definition) is 1. The highest BCUT2D eigenvalue weighted by Crippen LogP contribution is 2.12. The largest absolute Gasteiger partial charge is 0.482 e. The van der Waals surface area contributed by atoms with E-state index in [4.69, 9.17) is 4.74 Å². The summed E-state index contributed by atoms with van der Waals surface area (Å²) >= 11 is 3.18. The molecule has 0 saturated carbocycles. The van der Waals surface area contributed by atoms with Gasteiger partial charge in [-0.2, -0.15) is 0 Å². The molecular formula is C13H18BrNO2. The number of hydrogen-bond acceptors (Lipinski definition) is 2. The van der Waals surface area contributed by atoms with E-state index in [-0.39, 0.29) is 5.91 Å². The first-order chi connectivity index (χ1) is 8.13. The van der Waals surface area contributed by atoms with Crippen LogP contribution in [0.4, 0.5) is 0 Å². The van der Waals surface area contributed by atoms with E-state index >= 15 is 0 Å². The molecule has 3 nitrogen and oxygen atoms in total. The zero-order valence-corrected chi connectivity index (χ0v) is 11.8. The van der Waals surface area contributed by atoms with Crippen molar-refractivity contribution in [2.24, 2.45) is 5.92 Å². The summed E-state index contributed by atoms with van der Waals surface area (Å²) in [5.74, 6) is 1.32. The van der Waals surface area contributed by atoms with Gasteiger partial charge in [-0.05, 0) is 52.5 Å². The molecule has 1 aromatic rings. The fraction of sp³-hybridized carbons (Fsp3) is 0.462. The molecule has 0 aromatic heterocycles. The molecule has 0 bridgehead atoms. The SMILES string of the molecule is CC(C)CCNC(=O)c1ccc(OCBr)cc1. The Morgan fingerprint density at radius 2 is 2.00 bits per heavy atom. The van der Waals surface area contributed by atoms with Crippen LogP contribution in [0.3, 0.4) is 0 Å². The van der Waals surface area contributed by atoms with Crippen LogP contribution in [0.25, 0.3) is 0 Å². The zero-order chi connectivity index (χ0) is 12.7. The normalized spacial score (nSPS) is 10.4. The molecule has 1 amide bonds. The van der Waals surface area contributed by atoms with Crippen LogP contribution in [0.1, 0.15) is 30.6 Å². The van der Waals surface area contributed by atoms with Crippen molar-refractivity contribution >= 4 is 21.8 Å². The first kappa shape index (κ1) is 14.0. The molecule has 1 rings (SSSR count). The third kappa shape index (κ3) is 5.22. The summed E-state index contributed by atoms with van der Waals surface area (Å²) in [7, 11) is 0. The van der Waals surface area contributed by atoms with E-state index in [1.165, 1.54) is 0 Å². The molecule has 0 radical (unpaired) electrons. The molecule has 0 atom stereocenters. The average Bonchev–Trinajstić information content (AvgIpc) is 2.30. The van der Waals surface area contributed by atoms with Gasteiger partial charge in [-0.15, -0.1) is 0 Å². The summed E-state index contributed by atoms with van der Waals surface area (Å²) < 4.78 is 5.24. The standard InChI is InChI=1S/C13H18BrNO2/c1-10(2)7-8-15-13(16)11-3-5-12(6-4-11)17-9-14/h3-6,10H,7-9H2,1-2H3,(H,15,16).